The molecule has 0 N–H and O–H groups in total. The van der Waals surface area contributed by atoms with Crippen molar-refractivity contribution < 1.29 is 4.79 Å². The van der Waals surface area contributed by atoms with E-state index in [4.69, 9.17) is 0 Å². The monoisotopic (exact) mass is 306 g/mol. The average Bonchev–Trinajstić information content (AvgIpc) is 3.24. The van der Waals surface area contributed by atoms with Crippen molar-refractivity contribution >= 4 is 11.6 Å². The Balaban J connectivity index is 1.76. The molecule has 1 aliphatic heterocycles. The highest BCUT2D eigenvalue weighted by atomic mass is 16.2. The van der Waals surface area contributed by atoms with Crippen molar-refractivity contribution in [3.05, 3.63) is 53.9 Å². The number of aromatic nitrogens is 3. The fourth-order valence-corrected chi connectivity index (χ4v) is 3.07. The largest absolute Gasteiger partial charge is 0.337 e. The van der Waals surface area contributed by atoms with Gasteiger partial charge in [-0.15, -0.1) is 0 Å². The normalized spacial score (nSPS) is 14.6. The van der Waals surface area contributed by atoms with Crippen LogP contribution in [-0.4, -0.2) is 38.5 Å². The first-order chi connectivity index (χ1) is 11.2. The Kier molecular flexibility index (Phi) is 3.33. The van der Waals surface area contributed by atoms with Crippen molar-refractivity contribution in [3.8, 4) is 11.3 Å². The number of nitrogens with zero attached hydrogens (tertiary/aromatic N) is 4. The summed E-state index contributed by atoms with van der Waals surface area (Å²) in [6, 6.07) is 13.8. The lowest BCUT2D eigenvalue weighted by Gasteiger charge is -2.14. The first-order valence-electron chi connectivity index (χ1n) is 7.94. The molecule has 5 heteroatoms. The fraction of sp³-hybridized carbons (Fsp3) is 0.278. The number of hydrogen-bond donors (Lipinski definition) is 0. The predicted molar refractivity (Wildman–Crippen MR) is 88.3 cm³/mol. The molecule has 0 spiro atoms. The molecule has 0 aliphatic carbocycles. The van der Waals surface area contributed by atoms with Crippen molar-refractivity contribution in [3.63, 3.8) is 0 Å². The van der Waals surface area contributed by atoms with Gasteiger partial charge >= 0.3 is 0 Å². The number of benzene rings is 1. The summed E-state index contributed by atoms with van der Waals surface area (Å²) in [5, 5.41) is 4.61. The van der Waals surface area contributed by atoms with Gasteiger partial charge in [-0.2, -0.15) is 5.10 Å². The molecule has 2 aromatic heterocycles. The highest BCUT2D eigenvalue weighted by Gasteiger charge is 2.21. The summed E-state index contributed by atoms with van der Waals surface area (Å²) in [5.41, 5.74) is 4.05. The smallest absolute Gasteiger partial charge is 0.272 e. The molecule has 0 atom stereocenters. The Morgan fingerprint density at radius 2 is 1.83 bits per heavy atom. The molecule has 1 aromatic carbocycles. The van der Waals surface area contributed by atoms with E-state index < -0.39 is 0 Å². The Morgan fingerprint density at radius 1 is 1.09 bits per heavy atom. The second kappa shape index (κ2) is 5.50. The van der Waals surface area contributed by atoms with E-state index in [-0.39, 0.29) is 5.91 Å². The molecule has 1 saturated heterocycles. The number of amides is 1. The molecular formula is C18H18N4O. The number of fused-ring (bicyclic) bond motifs is 1. The lowest BCUT2D eigenvalue weighted by molar-refractivity contribution is 0.0787. The molecule has 3 heterocycles. The van der Waals surface area contributed by atoms with E-state index in [2.05, 4.69) is 10.1 Å². The van der Waals surface area contributed by atoms with Gasteiger partial charge in [0.1, 0.15) is 5.69 Å². The van der Waals surface area contributed by atoms with Crippen LogP contribution in [0.1, 0.15) is 29.0 Å². The van der Waals surface area contributed by atoms with Gasteiger partial charge in [-0.05, 0) is 25.8 Å². The van der Waals surface area contributed by atoms with Crippen molar-refractivity contribution in [2.75, 3.05) is 13.1 Å². The van der Waals surface area contributed by atoms with Gasteiger partial charge in [0.25, 0.3) is 5.91 Å². The number of aryl methyl sites for hydroxylation is 1. The molecule has 0 saturated carbocycles. The minimum Gasteiger partial charge on any atom is -0.337 e. The molecule has 0 radical (unpaired) electrons. The lowest BCUT2D eigenvalue weighted by Crippen LogP contribution is -2.28. The predicted octanol–water partition coefficient (Wildman–Crippen LogP) is 2.94. The standard InChI is InChI=1S/C18H18N4O/c1-13-11-16(18(23)21-9-5-6-10-21)19-17-12-15(20-22(13)17)14-7-3-2-4-8-14/h2-4,7-8,11-12H,5-6,9-10H2,1H3. The first kappa shape index (κ1) is 13.9. The quantitative estimate of drug-likeness (QED) is 0.731. The number of rotatable bonds is 2. The Hall–Kier alpha value is -2.69. The summed E-state index contributed by atoms with van der Waals surface area (Å²) < 4.78 is 1.79. The number of hydrogen-bond acceptors (Lipinski definition) is 3. The van der Waals surface area contributed by atoms with Crippen LogP contribution in [0.4, 0.5) is 0 Å². The van der Waals surface area contributed by atoms with E-state index in [1.165, 1.54) is 0 Å². The van der Waals surface area contributed by atoms with Crippen LogP contribution in [0.2, 0.25) is 0 Å². The summed E-state index contributed by atoms with van der Waals surface area (Å²) in [5.74, 6) is 0.0237. The minimum absolute atomic E-state index is 0.0237. The summed E-state index contributed by atoms with van der Waals surface area (Å²) in [6.45, 7) is 3.62. The van der Waals surface area contributed by atoms with Crippen LogP contribution in [-0.2, 0) is 0 Å². The third kappa shape index (κ3) is 2.48. The lowest BCUT2D eigenvalue weighted by atomic mass is 10.2. The van der Waals surface area contributed by atoms with E-state index in [0.717, 1.165) is 42.9 Å². The van der Waals surface area contributed by atoms with E-state index in [1.807, 2.05) is 54.3 Å². The maximum absolute atomic E-state index is 12.6. The van der Waals surface area contributed by atoms with Gasteiger partial charge in [-0.25, -0.2) is 9.50 Å². The van der Waals surface area contributed by atoms with Gasteiger partial charge < -0.3 is 4.90 Å². The van der Waals surface area contributed by atoms with E-state index in [1.54, 1.807) is 4.52 Å². The summed E-state index contributed by atoms with van der Waals surface area (Å²) in [6.07, 6.45) is 2.16. The van der Waals surface area contributed by atoms with Crippen LogP contribution in [0.3, 0.4) is 0 Å². The van der Waals surface area contributed by atoms with Gasteiger partial charge in [0.05, 0.1) is 5.69 Å². The highest BCUT2D eigenvalue weighted by molar-refractivity contribution is 5.93. The minimum atomic E-state index is 0.0237. The van der Waals surface area contributed by atoms with Crippen LogP contribution in [0, 0.1) is 6.92 Å². The molecule has 3 aromatic rings. The first-order valence-corrected chi connectivity index (χ1v) is 7.94. The van der Waals surface area contributed by atoms with Gasteiger partial charge in [-0.3, -0.25) is 4.79 Å². The zero-order valence-corrected chi connectivity index (χ0v) is 13.1. The highest BCUT2D eigenvalue weighted by Crippen LogP contribution is 2.20. The van der Waals surface area contributed by atoms with Gasteiger partial charge in [-0.1, -0.05) is 30.3 Å². The SMILES string of the molecule is Cc1cc(C(=O)N2CCCC2)nc2cc(-c3ccccc3)nn12. The second-order valence-corrected chi connectivity index (χ2v) is 5.95. The van der Waals surface area contributed by atoms with Crippen LogP contribution in [0.15, 0.2) is 42.5 Å². The Labute approximate surface area is 134 Å². The third-order valence-corrected chi connectivity index (χ3v) is 4.29. The van der Waals surface area contributed by atoms with E-state index in [0.29, 0.717) is 11.3 Å². The third-order valence-electron chi connectivity index (χ3n) is 4.29. The molecule has 5 nitrogen and oxygen atoms in total. The van der Waals surface area contributed by atoms with E-state index >= 15 is 0 Å². The van der Waals surface area contributed by atoms with Crippen LogP contribution < -0.4 is 0 Å². The molecular weight excluding hydrogens is 288 g/mol. The average molecular weight is 306 g/mol. The van der Waals surface area contributed by atoms with Gasteiger partial charge in [0.15, 0.2) is 5.65 Å². The number of carbonyl (C=O) groups is 1. The maximum atomic E-state index is 12.6. The maximum Gasteiger partial charge on any atom is 0.272 e. The molecule has 1 aliphatic rings. The number of carbonyl (C=O) groups excluding carboxylic acids is 1. The van der Waals surface area contributed by atoms with Crippen LogP contribution >= 0.6 is 0 Å². The Bertz CT molecular complexity index is 863. The second-order valence-electron chi connectivity index (χ2n) is 5.95. The topological polar surface area (TPSA) is 50.5 Å². The molecule has 1 fully saturated rings. The van der Waals surface area contributed by atoms with Crippen molar-refractivity contribution in [1.82, 2.24) is 19.5 Å². The van der Waals surface area contributed by atoms with Gasteiger partial charge in [0.2, 0.25) is 0 Å². The van der Waals surface area contributed by atoms with Crippen molar-refractivity contribution in [2.24, 2.45) is 0 Å². The van der Waals surface area contributed by atoms with E-state index in [9.17, 15) is 4.79 Å². The Morgan fingerprint density at radius 3 is 2.57 bits per heavy atom. The molecule has 1 amide bonds. The summed E-state index contributed by atoms with van der Waals surface area (Å²) in [7, 11) is 0. The zero-order chi connectivity index (χ0) is 15.8. The zero-order valence-electron chi connectivity index (χ0n) is 13.1. The molecule has 116 valence electrons. The van der Waals surface area contributed by atoms with Crippen molar-refractivity contribution in [2.45, 2.75) is 19.8 Å². The van der Waals surface area contributed by atoms with Crippen LogP contribution in [0.25, 0.3) is 16.9 Å². The summed E-state index contributed by atoms with van der Waals surface area (Å²) in [4.78, 5) is 19.0. The molecule has 0 unspecified atom stereocenters. The van der Waals surface area contributed by atoms with Crippen LogP contribution in [0.5, 0.6) is 0 Å². The fourth-order valence-electron chi connectivity index (χ4n) is 3.07. The van der Waals surface area contributed by atoms with Gasteiger partial charge in [0, 0.05) is 30.4 Å². The molecule has 4 rings (SSSR count). The molecule has 0 bridgehead atoms. The summed E-state index contributed by atoms with van der Waals surface area (Å²) >= 11 is 0. The van der Waals surface area contributed by atoms with Crippen molar-refractivity contribution in [1.29, 1.82) is 0 Å². The molecule has 23 heavy (non-hydrogen) atoms. The number of likely N-dealkylation sites (tertiary alicyclic amines) is 1.